The first-order valence-corrected chi connectivity index (χ1v) is 4.23. The van der Waals surface area contributed by atoms with Gasteiger partial charge in [-0.15, -0.1) is 0 Å². The van der Waals surface area contributed by atoms with Crippen molar-refractivity contribution in [3.05, 3.63) is 30.1 Å². The van der Waals surface area contributed by atoms with E-state index in [1.54, 1.807) is 12.4 Å². The molecule has 1 aromatic rings. The van der Waals surface area contributed by atoms with Crippen molar-refractivity contribution in [1.29, 1.82) is 0 Å². The molecule has 0 saturated carbocycles. The highest BCUT2D eigenvalue weighted by molar-refractivity contribution is 6.01. The summed E-state index contributed by atoms with van der Waals surface area (Å²) in [6.07, 6.45) is 3.32. The van der Waals surface area contributed by atoms with E-state index >= 15 is 0 Å². The molecule has 0 aromatic carbocycles. The van der Waals surface area contributed by atoms with E-state index in [1.807, 2.05) is 12.1 Å². The highest BCUT2D eigenvalue weighted by Gasteiger charge is 2.26. The Morgan fingerprint density at radius 2 is 2.07 bits per heavy atom. The lowest BCUT2D eigenvalue weighted by atomic mass is 10.2. The van der Waals surface area contributed by atoms with Crippen LogP contribution in [0.3, 0.4) is 0 Å². The smallest absolute Gasteiger partial charge is 0.311 e. The van der Waals surface area contributed by atoms with Gasteiger partial charge in [-0.1, -0.05) is 0 Å². The first-order chi connectivity index (χ1) is 6.75. The van der Waals surface area contributed by atoms with Crippen LogP contribution < -0.4 is 5.32 Å². The average molecular weight is 191 g/mol. The van der Waals surface area contributed by atoms with Gasteiger partial charge in [0, 0.05) is 18.9 Å². The highest BCUT2D eigenvalue weighted by atomic mass is 16.2. The van der Waals surface area contributed by atoms with Crippen LogP contribution in [0.4, 0.5) is 4.79 Å². The molecule has 1 aliphatic heterocycles. The summed E-state index contributed by atoms with van der Waals surface area (Å²) in [6, 6.07) is 3.30. The molecule has 0 spiro atoms. The van der Waals surface area contributed by atoms with Crippen molar-refractivity contribution in [2.45, 2.75) is 6.54 Å². The standard InChI is InChI=1S/C9H9N3O2/c13-8-6-12(9(14)11-8)5-7-1-3-10-4-2-7/h1-4H,5-6H2,(H,11,13,14). The number of amides is 3. The third-order valence-corrected chi connectivity index (χ3v) is 1.99. The zero-order valence-corrected chi connectivity index (χ0v) is 7.43. The molecule has 0 radical (unpaired) electrons. The Morgan fingerprint density at radius 3 is 2.64 bits per heavy atom. The summed E-state index contributed by atoms with van der Waals surface area (Å²) in [5.74, 6) is -0.246. The molecular formula is C9H9N3O2. The van der Waals surface area contributed by atoms with Crippen molar-refractivity contribution < 1.29 is 9.59 Å². The predicted molar refractivity (Wildman–Crippen MR) is 48.2 cm³/mol. The number of hydrogen-bond donors (Lipinski definition) is 1. The predicted octanol–water partition coefficient (Wildman–Crippen LogP) is 0.133. The Bertz CT molecular complexity index is 364. The quantitative estimate of drug-likeness (QED) is 0.676. The lowest BCUT2D eigenvalue weighted by Gasteiger charge is -2.12. The minimum Gasteiger partial charge on any atom is -0.311 e. The zero-order valence-electron chi connectivity index (χ0n) is 7.43. The summed E-state index contributed by atoms with van der Waals surface area (Å²) in [6.45, 7) is 0.585. The third-order valence-electron chi connectivity index (χ3n) is 1.99. The van der Waals surface area contributed by atoms with Gasteiger partial charge in [0.2, 0.25) is 5.91 Å². The fourth-order valence-corrected chi connectivity index (χ4v) is 1.32. The van der Waals surface area contributed by atoms with E-state index in [-0.39, 0.29) is 18.5 Å². The molecule has 0 bridgehead atoms. The molecule has 1 fully saturated rings. The monoisotopic (exact) mass is 191 g/mol. The van der Waals surface area contributed by atoms with Crippen LogP contribution >= 0.6 is 0 Å². The maximum Gasteiger partial charge on any atom is 0.324 e. The van der Waals surface area contributed by atoms with E-state index in [9.17, 15) is 9.59 Å². The van der Waals surface area contributed by atoms with Crippen molar-refractivity contribution in [1.82, 2.24) is 15.2 Å². The number of hydrogen-bond acceptors (Lipinski definition) is 3. The summed E-state index contributed by atoms with van der Waals surface area (Å²) in [4.78, 5) is 27.4. The van der Waals surface area contributed by atoms with Crippen LogP contribution in [0.15, 0.2) is 24.5 Å². The normalized spacial score (nSPS) is 15.9. The Labute approximate surface area is 80.7 Å². The molecule has 1 aliphatic rings. The lowest BCUT2D eigenvalue weighted by Crippen LogP contribution is -2.27. The van der Waals surface area contributed by atoms with Crippen molar-refractivity contribution in [2.24, 2.45) is 0 Å². The van der Waals surface area contributed by atoms with Gasteiger partial charge in [0.05, 0.1) is 0 Å². The molecule has 1 saturated heterocycles. The first kappa shape index (κ1) is 8.68. The SMILES string of the molecule is O=C1CN(Cc2ccncc2)C(=O)N1. The summed E-state index contributed by atoms with van der Waals surface area (Å²) in [7, 11) is 0. The van der Waals surface area contributed by atoms with Gasteiger partial charge in [-0.05, 0) is 17.7 Å². The molecule has 5 heteroatoms. The Kier molecular flexibility index (Phi) is 2.14. The molecule has 0 unspecified atom stereocenters. The fraction of sp³-hybridized carbons (Fsp3) is 0.222. The van der Waals surface area contributed by atoms with E-state index in [2.05, 4.69) is 10.3 Å². The first-order valence-electron chi connectivity index (χ1n) is 4.23. The Morgan fingerprint density at radius 1 is 1.36 bits per heavy atom. The molecule has 5 nitrogen and oxygen atoms in total. The number of urea groups is 1. The largest absolute Gasteiger partial charge is 0.324 e. The maximum atomic E-state index is 11.2. The van der Waals surface area contributed by atoms with Gasteiger partial charge in [-0.3, -0.25) is 15.1 Å². The minimum atomic E-state index is -0.327. The van der Waals surface area contributed by atoms with Gasteiger partial charge in [-0.25, -0.2) is 4.79 Å². The van der Waals surface area contributed by atoms with Gasteiger partial charge in [0.25, 0.3) is 0 Å². The Balaban J connectivity index is 2.05. The maximum absolute atomic E-state index is 11.2. The molecule has 1 aromatic heterocycles. The van der Waals surface area contributed by atoms with Crippen molar-refractivity contribution >= 4 is 11.9 Å². The van der Waals surface area contributed by atoms with Gasteiger partial charge in [0.15, 0.2) is 0 Å². The molecule has 3 amide bonds. The van der Waals surface area contributed by atoms with Gasteiger partial charge in [0.1, 0.15) is 6.54 Å². The second-order valence-corrected chi connectivity index (χ2v) is 3.06. The van der Waals surface area contributed by atoms with Crippen LogP contribution in [0.2, 0.25) is 0 Å². The zero-order chi connectivity index (χ0) is 9.97. The van der Waals surface area contributed by atoms with Crippen LogP contribution in [0.25, 0.3) is 0 Å². The van der Waals surface area contributed by atoms with Crippen molar-refractivity contribution in [2.75, 3.05) is 6.54 Å². The summed E-state index contributed by atoms with van der Waals surface area (Å²) in [5, 5.41) is 2.22. The number of aromatic nitrogens is 1. The summed E-state index contributed by atoms with van der Waals surface area (Å²) >= 11 is 0. The van der Waals surface area contributed by atoms with E-state index < -0.39 is 0 Å². The molecule has 0 atom stereocenters. The van der Waals surface area contributed by atoms with Crippen molar-refractivity contribution in [3.8, 4) is 0 Å². The minimum absolute atomic E-state index is 0.140. The lowest BCUT2D eigenvalue weighted by molar-refractivity contribution is -0.118. The number of carbonyl (C=O) groups is 2. The van der Waals surface area contributed by atoms with Crippen LogP contribution in [0, 0.1) is 0 Å². The molecular weight excluding hydrogens is 182 g/mol. The van der Waals surface area contributed by atoms with E-state index in [0.29, 0.717) is 6.54 Å². The second-order valence-electron chi connectivity index (χ2n) is 3.06. The molecule has 2 heterocycles. The average Bonchev–Trinajstić information content (AvgIpc) is 2.47. The van der Waals surface area contributed by atoms with Crippen LogP contribution in [0.1, 0.15) is 5.56 Å². The third kappa shape index (κ3) is 1.71. The van der Waals surface area contributed by atoms with E-state index in [4.69, 9.17) is 0 Å². The van der Waals surface area contributed by atoms with Gasteiger partial charge < -0.3 is 4.90 Å². The summed E-state index contributed by atoms with van der Waals surface area (Å²) in [5.41, 5.74) is 0.963. The number of carbonyl (C=O) groups excluding carboxylic acids is 2. The molecule has 72 valence electrons. The summed E-state index contributed by atoms with van der Waals surface area (Å²) < 4.78 is 0. The second kappa shape index (κ2) is 3.45. The van der Waals surface area contributed by atoms with Gasteiger partial charge in [-0.2, -0.15) is 0 Å². The number of imide groups is 1. The number of nitrogens with zero attached hydrogens (tertiary/aromatic N) is 2. The van der Waals surface area contributed by atoms with Crippen LogP contribution in [0.5, 0.6) is 0 Å². The van der Waals surface area contributed by atoms with Gasteiger partial charge >= 0.3 is 6.03 Å². The molecule has 0 aliphatic carbocycles. The van der Waals surface area contributed by atoms with Crippen LogP contribution in [-0.2, 0) is 11.3 Å². The van der Waals surface area contributed by atoms with Crippen molar-refractivity contribution in [3.63, 3.8) is 0 Å². The van der Waals surface area contributed by atoms with Crippen LogP contribution in [-0.4, -0.2) is 28.4 Å². The number of pyridine rings is 1. The fourth-order valence-electron chi connectivity index (χ4n) is 1.32. The number of rotatable bonds is 2. The molecule has 1 N–H and O–H groups in total. The Hall–Kier alpha value is -1.91. The topological polar surface area (TPSA) is 62.3 Å². The highest BCUT2D eigenvalue weighted by Crippen LogP contribution is 2.06. The number of nitrogens with one attached hydrogen (secondary N) is 1. The van der Waals surface area contributed by atoms with E-state index in [0.717, 1.165) is 5.56 Å². The van der Waals surface area contributed by atoms with E-state index in [1.165, 1.54) is 4.90 Å². The molecule has 14 heavy (non-hydrogen) atoms. The molecule has 2 rings (SSSR count).